The highest BCUT2D eigenvalue weighted by Gasteiger charge is 1.98. The van der Waals surface area contributed by atoms with Crippen LogP contribution in [0.25, 0.3) is 0 Å². The molecule has 0 bridgehead atoms. The molecular weight excluding hydrogens is 218 g/mol. The van der Waals surface area contributed by atoms with E-state index in [-0.39, 0.29) is 0 Å². The molecule has 0 unspecified atom stereocenters. The zero-order valence-electron chi connectivity index (χ0n) is 11.2. The molecule has 18 heavy (non-hydrogen) atoms. The molecule has 1 heteroatoms. The molecule has 2 rings (SSSR count). The van der Waals surface area contributed by atoms with Crippen molar-refractivity contribution in [3.63, 3.8) is 0 Å². The van der Waals surface area contributed by atoms with Gasteiger partial charge in [0.25, 0.3) is 0 Å². The molecule has 0 fully saturated rings. The molecule has 0 saturated carbocycles. The van der Waals surface area contributed by atoms with Gasteiger partial charge >= 0.3 is 0 Å². The van der Waals surface area contributed by atoms with Crippen LogP contribution < -0.4 is 5.32 Å². The van der Waals surface area contributed by atoms with Crippen molar-refractivity contribution in [3.05, 3.63) is 65.2 Å². The monoisotopic (exact) mass is 239 g/mol. The quantitative estimate of drug-likeness (QED) is 0.824. The standard InChI is InChI=1S/C17H21N/c1-3-16-13-17(10-9-14(16)2)18-12-11-15-7-5-4-6-8-15/h4-10,13,18H,3,11-12H2,1-2H3. The van der Waals surface area contributed by atoms with E-state index in [1.54, 1.807) is 0 Å². The maximum atomic E-state index is 3.50. The number of benzene rings is 2. The van der Waals surface area contributed by atoms with E-state index in [2.05, 4.69) is 67.7 Å². The predicted molar refractivity (Wildman–Crippen MR) is 79.2 cm³/mol. The van der Waals surface area contributed by atoms with Gasteiger partial charge < -0.3 is 5.32 Å². The Balaban J connectivity index is 1.91. The SMILES string of the molecule is CCc1cc(NCCc2ccccc2)ccc1C. The van der Waals surface area contributed by atoms with Crippen molar-refractivity contribution in [2.75, 3.05) is 11.9 Å². The predicted octanol–water partition coefficient (Wildman–Crippen LogP) is 4.21. The van der Waals surface area contributed by atoms with E-state index >= 15 is 0 Å². The Kier molecular flexibility index (Phi) is 4.40. The average molecular weight is 239 g/mol. The first-order valence-electron chi connectivity index (χ1n) is 6.67. The second-order valence-electron chi connectivity index (χ2n) is 4.66. The van der Waals surface area contributed by atoms with Gasteiger partial charge in [0.2, 0.25) is 0 Å². The molecule has 0 amide bonds. The van der Waals surface area contributed by atoms with Gasteiger partial charge in [-0.15, -0.1) is 0 Å². The van der Waals surface area contributed by atoms with E-state index in [9.17, 15) is 0 Å². The summed E-state index contributed by atoms with van der Waals surface area (Å²) in [5.41, 5.74) is 5.42. The Morgan fingerprint density at radius 1 is 1.00 bits per heavy atom. The average Bonchev–Trinajstić information content (AvgIpc) is 2.42. The molecule has 0 saturated heterocycles. The Bertz CT molecular complexity index is 488. The summed E-state index contributed by atoms with van der Waals surface area (Å²) in [6.07, 6.45) is 2.16. The van der Waals surface area contributed by atoms with Crippen molar-refractivity contribution in [2.45, 2.75) is 26.7 Å². The Morgan fingerprint density at radius 2 is 1.78 bits per heavy atom. The Hall–Kier alpha value is -1.76. The van der Waals surface area contributed by atoms with Crippen molar-refractivity contribution in [1.82, 2.24) is 0 Å². The minimum atomic E-state index is 0.982. The van der Waals surface area contributed by atoms with Crippen LogP contribution >= 0.6 is 0 Å². The molecule has 0 spiro atoms. The van der Waals surface area contributed by atoms with E-state index in [1.807, 2.05) is 0 Å². The maximum absolute atomic E-state index is 3.50. The van der Waals surface area contributed by atoms with Crippen LogP contribution in [0.1, 0.15) is 23.6 Å². The van der Waals surface area contributed by atoms with Gasteiger partial charge in [0.15, 0.2) is 0 Å². The fourth-order valence-electron chi connectivity index (χ4n) is 2.16. The lowest BCUT2D eigenvalue weighted by atomic mass is 10.1. The van der Waals surface area contributed by atoms with Gasteiger partial charge in [-0.25, -0.2) is 0 Å². The number of hydrogen-bond acceptors (Lipinski definition) is 1. The summed E-state index contributed by atoms with van der Waals surface area (Å²) in [7, 11) is 0. The lowest BCUT2D eigenvalue weighted by Gasteiger charge is -2.10. The van der Waals surface area contributed by atoms with Crippen LogP contribution in [0.15, 0.2) is 48.5 Å². The first-order valence-corrected chi connectivity index (χ1v) is 6.67. The fourth-order valence-corrected chi connectivity index (χ4v) is 2.16. The van der Waals surface area contributed by atoms with Crippen molar-refractivity contribution in [3.8, 4) is 0 Å². The van der Waals surface area contributed by atoms with Gasteiger partial charge in [-0.3, -0.25) is 0 Å². The summed E-state index contributed by atoms with van der Waals surface area (Å²) in [4.78, 5) is 0. The summed E-state index contributed by atoms with van der Waals surface area (Å²) < 4.78 is 0. The highest BCUT2D eigenvalue weighted by atomic mass is 14.9. The molecule has 1 nitrogen and oxygen atoms in total. The highest BCUT2D eigenvalue weighted by molar-refractivity contribution is 5.48. The van der Waals surface area contributed by atoms with E-state index in [4.69, 9.17) is 0 Å². The van der Waals surface area contributed by atoms with E-state index < -0.39 is 0 Å². The first-order chi connectivity index (χ1) is 8.79. The third kappa shape index (κ3) is 3.36. The molecule has 0 radical (unpaired) electrons. The minimum absolute atomic E-state index is 0.982. The van der Waals surface area contributed by atoms with Gasteiger partial charge in [-0.1, -0.05) is 43.3 Å². The van der Waals surface area contributed by atoms with Crippen LogP contribution in [-0.2, 0) is 12.8 Å². The molecule has 0 atom stereocenters. The van der Waals surface area contributed by atoms with Gasteiger partial charge in [-0.05, 0) is 48.6 Å². The molecule has 0 aliphatic rings. The van der Waals surface area contributed by atoms with Crippen LogP contribution in [0.2, 0.25) is 0 Å². The highest BCUT2D eigenvalue weighted by Crippen LogP contribution is 2.15. The summed E-state index contributed by atoms with van der Waals surface area (Å²) in [6, 6.07) is 17.2. The zero-order valence-corrected chi connectivity index (χ0v) is 11.2. The van der Waals surface area contributed by atoms with Crippen molar-refractivity contribution in [2.24, 2.45) is 0 Å². The summed E-state index contributed by atoms with van der Waals surface area (Å²) in [5.74, 6) is 0. The number of nitrogens with one attached hydrogen (secondary N) is 1. The molecule has 94 valence electrons. The minimum Gasteiger partial charge on any atom is -0.385 e. The fraction of sp³-hybridized carbons (Fsp3) is 0.294. The molecule has 0 heterocycles. The number of aryl methyl sites for hydroxylation is 2. The van der Waals surface area contributed by atoms with Crippen molar-refractivity contribution in [1.29, 1.82) is 0 Å². The molecule has 2 aromatic rings. The van der Waals surface area contributed by atoms with Crippen LogP contribution in [0.5, 0.6) is 0 Å². The van der Waals surface area contributed by atoms with Crippen LogP contribution in [0.4, 0.5) is 5.69 Å². The van der Waals surface area contributed by atoms with Crippen LogP contribution in [0.3, 0.4) is 0 Å². The Labute approximate surface area is 110 Å². The van der Waals surface area contributed by atoms with Crippen LogP contribution in [-0.4, -0.2) is 6.54 Å². The van der Waals surface area contributed by atoms with E-state index in [1.165, 1.54) is 22.4 Å². The Morgan fingerprint density at radius 3 is 2.50 bits per heavy atom. The third-order valence-electron chi connectivity index (χ3n) is 3.32. The summed E-state index contributed by atoms with van der Waals surface area (Å²) in [6.45, 7) is 5.36. The lowest BCUT2D eigenvalue weighted by molar-refractivity contribution is 1.02. The molecule has 1 N–H and O–H groups in total. The van der Waals surface area contributed by atoms with Gasteiger partial charge in [0.1, 0.15) is 0 Å². The topological polar surface area (TPSA) is 12.0 Å². The van der Waals surface area contributed by atoms with Gasteiger partial charge in [-0.2, -0.15) is 0 Å². The van der Waals surface area contributed by atoms with Crippen molar-refractivity contribution < 1.29 is 0 Å². The second-order valence-corrected chi connectivity index (χ2v) is 4.66. The smallest absolute Gasteiger partial charge is 0.0343 e. The normalized spacial score (nSPS) is 10.3. The maximum Gasteiger partial charge on any atom is 0.0343 e. The van der Waals surface area contributed by atoms with Gasteiger partial charge in [0.05, 0.1) is 0 Å². The molecule has 0 aliphatic heterocycles. The number of hydrogen-bond donors (Lipinski definition) is 1. The second kappa shape index (κ2) is 6.25. The lowest BCUT2D eigenvalue weighted by Crippen LogP contribution is -2.05. The molecule has 0 aromatic heterocycles. The first kappa shape index (κ1) is 12.7. The molecule has 2 aromatic carbocycles. The summed E-state index contributed by atoms with van der Waals surface area (Å²) in [5, 5.41) is 3.50. The molecule has 0 aliphatic carbocycles. The van der Waals surface area contributed by atoms with Crippen molar-refractivity contribution >= 4 is 5.69 Å². The molecular formula is C17H21N. The van der Waals surface area contributed by atoms with E-state index in [0.29, 0.717) is 0 Å². The van der Waals surface area contributed by atoms with Crippen LogP contribution in [0, 0.1) is 6.92 Å². The largest absolute Gasteiger partial charge is 0.385 e. The summed E-state index contributed by atoms with van der Waals surface area (Å²) >= 11 is 0. The number of anilines is 1. The van der Waals surface area contributed by atoms with Gasteiger partial charge in [0, 0.05) is 12.2 Å². The zero-order chi connectivity index (χ0) is 12.8. The van der Waals surface area contributed by atoms with E-state index in [0.717, 1.165) is 19.4 Å². The number of rotatable bonds is 5. The third-order valence-corrected chi connectivity index (χ3v) is 3.32.